The van der Waals surface area contributed by atoms with E-state index in [1.807, 2.05) is 0 Å². The quantitative estimate of drug-likeness (QED) is 0.267. The van der Waals surface area contributed by atoms with E-state index in [-0.39, 0.29) is 9.90 Å². The molecule has 1 unspecified atom stereocenters. The van der Waals surface area contributed by atoms with Crippen LogP contribution in [0.3, 0.4) is 0 Å². The lowest BCUT2D eigenvalue weighted by Crippen LogP contribution is -1.93. The van der Waals surface area contributed by atoms with Crippen molar-refractivity contribution in [1.29, 1.82) is 0 Å². The van der Waals surface area contributed by atoms with Crippen LogP contribution in [0.15, 0.2) is 0 Å². The highest BCUT2D eigenvalue weighted by atomic mass is 31.0. The average molecular weight is 347 g/mol. The van der Waals surface area contributed by atoms with Gasteiger partial charge in [-0.3, -0.25) is 4.79 Å². The van der Waals surface area contributed by atoms with E-state index < -0.39 is 5.97 Å². The maximum absolute atomic E-state index is 10.3. The Morgan fingerprint density at radius 3 is 1.22 bits per heavy atom. The lowest BCUT2D eigenvalue weighted by molar-refractivity contribution is -0.137. The zero-order valence-electron chi connectivity index (χ0n) is 15.8. The standard InChI is InChI=1S/C16H32O2.C4H8.H3P/c1-2-3-4-5-6-7-8-9-10-11-12-13-14-15-16(17)18;1-2-4-3-1;/h2-15H2,1H3,(H,17,18);1-4H2;1H3. The van der Waals surface area contributed by atoms with Gasteiger partial charge in [-0.1, -0.05) is 110 Å². The van der Waals surface area contributed by atoms with Crippen LogP contribution in [0.25, 0.3) is 0 Å². The molecule has 140 valence electrons. The molecule has 0 bridgehead atoms. The van der Waals surface area contributed by atoms with Crippen LogP contribution in [0.4, 0.5) is 0 Å². The Balaban J connectivity index is 0. The summed E-state index contributed by atoms with van der Waals surface area (Å²) in [7, 11) is 0. The number of hydrogen-bond donors (Lipinski definition) is 1. The van der Waals surface area contributed by atoms with Gasteiger partial charge < -0.3 is 5.11 Å². The molecule has 0 aromatic carbocycles. The molecule has 0 aromatic heterocycles. The number of hydrogen-bond acceptors (Lipinski definition) is 1. The minimum atomic E-state index is -0.655. The molecule has 1 aliphatic carbocycles. The fraction of sp³-hybridized carbons (Fsp3) is 0.950. The third-order valence-corrected chi connectivity index (χ3v) is 4.49. The van der Waals surface area contributed by atoms with Crippen molar-refractivity contribution in [2.75, 3.05) is 0 Å². The first kappa shape index (κ1) is 25.1. The first-order valence-corrected chi connectivity index (χ1v) is 9.99. The van der Waals surface area contributed by atoms with Gasteiger partial charge in [-0.25, -0.2) is 0 Å². The summed E-state index contributed by atoms with van der Waals surface area (Å²) >= 11 is 0. The van der Waals surface area contributed by atoms with Crippen LogP contribution in [0.2, 0.25) is 0 Å². The monoisotopic (exact) mass is 346 g/mol. The molecule has 1 atom stereocenters. The third-order valence-electron chi connectivity index (χ3n) is 4.49. The molecular weight excluding hydrogens is 303 g/mol. The van der Waals surface area contributed by atoms with Crippen LogP contribution >= 0.6 is 9.90 Å². The van der Waals surface area contributed by atoms with Crippen LogP contribution in [-0.2, 0) is 4.79 Å². The van der Waals surface area contributed by atoms with Crippen LogP contribution in [0.1, 0.15) is 122 Å². The van der Waals surface area contributed by atoms with Crippen molar-refractivity contribution in [3.05, 3.63) is 0 Å². The van der Waals surface area contributed by atoms with Gasteiger partial charge in [0.2, 0.25) is 0 Å². The Morgan fingerprint density at radius 2 is 0.957 bits per heavy atom. The summed E-state index contributed by atoms with van der Waals surface area (Å²) in [5, 5.41) is 8.49. The Labute approximate surface area is 148 Å². The lowest BCUT2D eigenvalue weighted by Gasteiger charge is -2.05. The van der Waals surface area contributed by atoms with E-state index >= 15 is 0 Å². The molecule has 1 saturated carbocycles. The molecule has 0 aliphatic heterocycles. The molecule has 1 aliphatic rings. The molecule has 0 aromatic rings. The molecule has 0 radical (unpaired) electrons. The highest BCUT2D eigenvalue weighted by Gasteiger charge is 1.97. The summed E-state index contributed by atoms with van der Waals surface area (Å²) in [6.45, 7) is 2.26. The van der Waals surface area contributed by atoms with Gasteiger partial charge in [0.25, 0.3) is 0 Å². The van der Waals surface area contributed by atoms with E-state index in [2.05, 4.69) is 6.92 Å². The van der Waals surface area contributed by atoms with Crippen molar-refractivity contribution in [1.82, 2.24) is 0 Å². The molecular formula is C20H43O2P. The summed E-state index contributed by atoms with van der Waals surface area (Å²) < 4.78 is 0. The molecule has 0 heterocycles. The number of unbranched alkanes of at least 4 members (excludes halogenated alkanes) is 12. The minimum absolute atomic E-state index is 0. The molecule has 0 amide bonds. The van der Waals surface area contributed by atoms with Crippen LogP contribution in [0.5, 0.6) is 0 Å². The smallest absolute Gasteiger partial charge is 0.303 e. The van der Waals surface area contributed by atoms with E-state index in [0.717, 1.165) is 12.8 Å². The first-order valence-electron chi connectivity index (χ1n) is 9.99. The normalized spacial score (nSPS) is 12.6. The molecule has 0 saturated heterocycles. The van der Waals surface area contributed by atoms with Crippen LogP contribution in [0, 0.1) is 0 Å². The predicted molar refractivity (Wildman–Crippen MR) is 108 cm³/mol. The fourth-order valence-corrected chi connectivity index (χ4v) is 2.54. The van der Waals surface area contributed by atoms with Crippen molar-refractivity contribution in [3.63, 3.8) is 0 Å². The van der Waals surface area contributed by atoms with Gasteiger partial charge >= 0.3 is 5.97 Å². The van der Waals surface area contributed by atoms with E-state index in [4.69, 9.17) is 5.11 Å². The number of carbonyl (C=O) groups is 1. The van der Waals surface area contributed by atoms with E-state index in [1.165, 1.54) is 96.3 Å². The topological polar surface area (TPSA) is 37.3 Å². The van der Waals surface area contributed by atoms with E-state index in [1.54, 1.807) is 0 Å². The molecule has 23 heavy (non-hydrogen) atoms. The second kappa shape index (κ2) is 21.9. The lowest BCUT2D eigenvalue weighted by atomic mass is 10.0. The molecule has 0 spiro atoms. The van der Waals surface area contributed by atoms with Crippen LogP contribution in [-0.4, -0.2) is 11.1 Å². The van der Waals surface area contributed by atoms with Crippen molar-refractivity contribution < 1.29 is 9.90 Å². The SMILES string of the molecule is C1CCC1.CCCCCCCCCCCCCCCC(=O)O.P. The van der Waals surface area contributed by atoms with Gasteiger partial charge in [0.1, 0.15) is 0 Å². The molecule has 2 nitrogen and oxygen atoms in total. The summed E-state index contributed by atoms with van der Waals surface area (Å²) in [6, 6.07) is 0. The molecule has 1 N–H and O–H groups in total. The Kier molecular flexibility index (Phi) is 23.9. The van der Waals surface area contributed by atoms with E-state index in [0.29, 0.717) is 6.42 Å². The second-order valence-corrected chi connectivity index (χ2v) is 6.80. The van der Waals surface area contributed by atoms with Gasteiger partial charge in [0, 0.05) is 6.42 Å². The summed E-state index contributed by atoms with van der Waals surface area (Å²) in [5.74, 6) is -0.655. The van der Waals surface area contributed by atoms with Gasteiger partial charge in [-0.05, 0) is 6.42 Å². The van der Waals surface area contributed by atoms with Crippen LogP contribution < -0.4 is 0 Å². The highest BCUT2D eigenvalue weighted by Crippen LogP contribution is 2.15. The largest absolute Gasteiger partial charge is 0.481 e. The Bertz CT molecular complexity index is 224. The molecule has 1 fully saturated rings. The highest BCUT2D eigenvalue weighted by molar-refractivity contribution is 6.92. The number of rotatable bonds is 14. The van der Waals surface area contributed by atoms with Gasteiger partial charge in [-0.15, -0.1) is 0 Å². The Morgan fingerprint density at radius 1 is 0.652 bits per heavy atom. The molecule has 3 heteroatoms. The average Bonchev–Trinajstić information content (AvgIpc) is 2.42. The zero-order valence-corrected chi connectivity index (χ0v) is 17.2. The summed E-state index contributed by atoms with van der Waals surface area (Å²) in [4.78, 5) is 10.3. The maximum Gasteiger partial charge on any atom is 0.303 e. The molecule has 1 rings (SSSR count). The fourth-order valence-electron chi connectivity index (χ4n) is 2.54. The summed E-state index contributed by atoms with van der Waals surface area (Å²) in [6.07, 6.45) is 23.3. The first-order chi connectivity index (χ1) is 10.8. The zero-order chi connectivity index (χ0) is 16.3. The van der Waals surface area contributed by atoms with Crippen molar-refractivity contribution >= 4 is 15.9 Å². The number of aliphatic carboxylic acids is 1. The maximum atomic E-state index is 10.3. The van der Waals surface area contributed by atoms with Crippen molar-refractivity contribution in [2.24, 2.45) is 0 Å². The second-order valence-electron chi connectivity index (χ2n) is 6.80. The number of carboxylic acid groups (broad SMARTS) is 1. The van der Waals surface area contributed by atoms with Crippen molar-refractivity contribution in [3.8, 4) is 0 Å². The van der Waals surface area contributed by atoms with Gasteiger partial charge in [0.05, 0.1) is 0 Å². The van der Waals surface area contributed by atoms with Gasteiger partial charge in [-0.2, -0.15) is 9.90 Å². The van der Waals surface area contributed by atoms with E-state index in [9.17, 15) is 4.79 Å². The Hall–Kier alpha value is -0.100. The summed E-state index contributed by atoms with van der Waals surface area (Å²) in [5.41, 5.74) is 0. The predicted octanol–water partition coefficient (Wildman–Crippen LogP) is 7.17. The van der Waals surface area contributed by atoms with Crippen molar-refractivity contribution in [2.45, 2.75) is 122 Å². The van der Waals surface area contributed by atoms with Gasteiger partial charge in [0.15, 0.2) is 0 Å². The minimum Gasteiger partial charge on any atom is -0.481 e. The number of carboxylic acids is 1. The third kappa shape index (κ3) is 24.3.